The van der Waals surface area contributed by atoms with E-state index in [1.54, 1.807) is 0 Å². The average Bonchev–Trinajstić information content (AvgIpc) is 3.44. The number of rotatable bonds is 11. The lowest BCUT2D eigenvalue weighted by molar-refractivity contribution is -0.119. The van der Waals surface area contributed by atoms with Crippen molar-refractivity contribution in [2.45, 2.75) is 12.1 Å². The smallest absolute Gasteiger partial charge is 0.248 e. The molecule has 0 saturated carbocycles. The zero-order valence-electron chi connectivity index (χ0n) is 22.4. The van der Waals surface area contributed by atoms with E-state index in [2.05, 4.69) is 39.8 Å². The van der Waals surface area contributed by atoms with Crippen molar-refractivity contribution < 1.29 is 9.53 Å². The molecular formula is C32H28ClN5O2S. The Hall–Kier alpha value is -4.53. The molecule has 1 amide bonds. The molecule has 4 aromatic carbocycles. The highest BCUT2D eigenvalue weighted by Gasteiger charge is 2.18. The standard InChI is InChI=1S/C32H28ClN5O2S/c1-3-40-29-19-17-28(18-20-29)38-31(26-13-15-27(33)16-14-26)36-37-32(38)41-21-30(39)35-34-22(2)23-9-11-25(12-10-23)24-7-5-4-6-8-24/h4-20,34H,2-3,21H2,1H3,(H,35,39). The zero-order chi connectivity index (χ0) is 28.6. The van der Waals surface area contributed by atoms with Gasteiger partial charge in [0.25, 0.3) is 0 Å². The first-order valence-electron chi connectivity index (χ1n) is 13.0. The van der Waals surface area contributed by atoms with Crippen molar-refractivity contribution in [1.82, 2.24) is 25.6 Å². The summed E-state index contributed by atoms with van der Waals surface area (Å²) in [5.41, 5.74) is 11.0. The van der Waals surface area contributed by atoms with Crippen LogP contribution >= 0.6 is 23.4 Å². The lowest BCUT2D eigenvalue weighted by Crippen LogP contribution is -2.37. The van der Waals surface area contributed by atoms with Crippen LogP contribution in [0.1, 0.15) is 12.5 Å². The highest BCUT2D eigenvalue weighted by molar-refractivity contribution is 7.99. The molecule has 0 bridgehead atoms. The Morgan fingerprint density at radius 3 is 2.20 bits per heavy atom. The highest BCUT2D eigenvalue weighted by Crippen LogP contribution is 2.29. The second-order valence-corrected chi connectivity index (χ2v) is 10.3. The lowest BCUT2D eigenvalue weighted by Gasteiger charge is -2.13. The van der Waals surface area contributed by atoms with Crippen molar-refractivity contribution in [2.24, 2.45) is 0 Å². The second kappa shape index (κ2) is 13.2. The van der Waals surface area contributed by atoms with E-state index >= 15 is 0 Å². The average molecular weight is 582 g/mol. The third-order valence-corrected chi connectivity index (χ3v) is 7.35. The molecule has 0 spiro atoms. The molecule has 2 N–H and O–H groups in total. The molecule has 9 heteroatoms. The van der Waals surface area contributed by atoms with Gasteiger partial charge in [0.1, 0.15) is 5.75 Å². The number of hydrazine groups is 1. The number of nitrogens with zero attached hydrogens (tertiary/aromatic N) is 3. The van der Waals surface area contributed by atoms with Gasteiger partial charge in [-0.15, -0.1) is 10.2 Å². The van der Waals surface area contributed by atoms with Gasteiger partial charge in [0.05, 0.1) is 18.1 Å². The monoisotopic (exact) mass is 581 g/mol. The molecular weight excluding hydrogens is 554 g/mol. The van der Waals surface area contributed by atoms with Crippen LogP contribution in [0.5, 0.6) is 5.75 Å². The zero-order valence-corrected chi connectivity index (χ0v) is 24.0. The van der Waals surface area contributed by atoms with Crippen molar-refractivity contribution in [2.75, 3.05) is 12.4 Å². The predicted octanol–water partition coefficient (Wildman–Crippen LogP) is 7.04. The molecule has 7 nitrogen and oxygen atoms in total. The summed E-state index contributed by atoms with van der Waals surface area (Å²) in [5.74, 6) is 1.29. The number of nitrogens with one attached hydrogen (secondary N) is 2. The summed E-state index contributed by atoms with van der Waals surface area (Å²) in [7, 11) is 0. The number of benzene rings is 4. The Labute approximate surface area is 248 Å². The first-order valence-corrected chi connectivity index (χ1v) is 14.3. The largest absolute Gasteiger partial charge is 0.494 e. The fraction of sp³-hybridized carbons (Fsp3) is 0.0938. The maximum absolute atomic E-state index is 12.7. The van der Waals surface area contributed by atoms with Crippen LogP contribution in [-0.4, -0.2) is 33.0 Å². The maximum atomic E-state index is 12.7. The van der Waals surface area contributed by atoms with Gasteiger partial charge < -0.3 is 4.74 Å². The molecule has 0 fully saturated rings. The van der Waals surface area contributed by atoms with Crippen molar-refractivity contribution in [3.8, 4) is 34.0 Å². The van der Waals surface area contributed by atoms with E-state index in [1.807, 2.05) is 102 Å². The van der Waals surface area contributed by atoms with Crippen LogP contribution in [0.25, 0.3) is 33.9 Å². The quantitative estimate of drug-likeness (QED) is 0.129. The van der Waals surface area contributed by atoms with E-state index in [-0.39, 0.29) is 11.7 Å². The summed E-state index contributed by atoms with van der Waals surface area (Å²) in [4.78, 5) is 12.7. The van der Waals surface area contributed by atoms with Gasteiger partial charge in [-0.05, 0) is 72.1 Å². The molecule has 41 heavy (non-hydrogen) atoms. The normalized spacial score (nSPS) is 10.7. The number of carbonyl (C=O) groups excluding carboxylic acids is 1. The number of ether oxygens (including phenoxy) is 1. The highest BCUT2D eigenvalue weighted by atomic mass is 35.5. The number of aromatic nitrogens is 3. The van der Waals surface area contributed by atoms with E-state index in [4.69, 9.17) is 16.3 Å². The van der Waals surface area contributed by atoms with Crippen molar-refractivity contribution in [1.29, 1.82) is 0 Å². The Bertz CT molecular complexity index is 1620. The minimum atomic E-state index is -0.230. The first kappa shape index (κ1) is 28.0. The number of carbonyl (C=O) groups is 1. The van der Waals surface area contributed by atoms with Crippen LogP contribution in [0, 0.1) is 0 Å². The summed E-state index contributed by atoms with van der Waals surface area (Å²) in [5, 5.41) is 10.0. The van der Waals surface area contributed by atoms with Crippen LogP contribution in [0.3, 0.4) is 0 Å². The van der Waals surface area contributed by atoms with E-state index in [9.17, 15) is 4.79 Å². The van der Waals surface area contributed by atoms with Crippen molar-refractivity contribution in [3.63, 3.8) is 0 Å². The lowest BCUT2D eigenvalue weighted by atomic mass is 10.0. The molecule has 0 saturated heterocycles. The van der Waals surface area contributed by atoms with Crippen LogP contribution in [-0.2, 0) is 4.79 Å². The second-order valence-electron chi connectivity index (χ2n) is 8.96. The fourth-order valence-corrected chi connectivity index (χ4v) is 5.00. The Morgan fingerprint density at radius 2 is 1.51 bits per heavy atom. The van der Waals surface area contributed by atoms with Crippen molar-refractivity contribution in [3.05, 3.63) is 120 Å². The van der Waals surface area contributed by atoms with Crippen LogP contribution in [0.4, 0.5) is 0 Å². The number of hydrogen-bond acceptors (Lipinski definition) is 6. The first-order chi connectivity index (χ1) is 20.0. The minimum Gasteiger partial charge on any atom is -0.494 e. The van der Waals surface area contributed by atoms with Gasteiger partial charge in [0.15, 0.2) is 11.0 Å². The van der Waals surface area contributed by atoms with E-state index in [1.165, 1.54) is 11.8 Å². The van der Waals surface area contributed by atoms with Gasteiger partial charge in [0, 0.05) is 16.3 Å². The molecule has 0 aliphatic rings. The fourth-order valence-electron chi connectivity index (χ4n) is 4.12. The Kier molecular flexibility index (Phi) is 9.03. The third-order valence-electron chi connectivity index (χ3n) is 6.17. The summed E-state index contributed by atoms with van der Waals surface area (Å²) >= 11 is 7.38. The van der Waals surface area contributed by atoms with Gasteiger partial charge >= 0.3 is 0 Å². The number of hydrogen-bond donors (Lipinski definition) is 2. The SMILES string of the molecule is C=C(NNC(=O)CSc1nnc(-c2ccc(Cl)cc2)n1-c1ccc(OCC)cc1)c1ccc(-c2ccccc2)cc1. The number of halogens is 1. The topological polar surface area (TPSA) is 81.1 Å². The maximum Gasteiger partial charge on any atom is 0.248 e. The van der Waals surface area contributed by atoms with E-state index < -0.39 is 0 Å². The molecule has 5 rings (SSSR count). The van der Waals surface area contributed by atoms with Crippen molar-refractivity contribution >= 4 is 35.0 Å². The van der Waals surface area contributed by atoms with Gasteiger partial charge in [-0.1, -0.05) is 84.5 Å². The molecule has 5 aromatic rings. The Balaban J connectivity index is 1.25. The molecule has 206 valence electrons. The molecule has 1 aromatic heterocycles. The van der Waals surface area contributed by atoms with Gasteiger partial charge in [-0.3, -0.25) is 20.2 Å². The number of amides is 1. The summed E-state index contributed by atoms with van der Waals surface area (Å²) in [6, 6.07) is 33.2. The molecule has 0 atom stereocenters. The Morgan fingerprint density at radius 1 is 0.854 bits per heavy atom. The minimum absolute atomic E-state index is 0.114. The molecule has 0 unspecified atom stereocenters. The van der Waals surface area contributed by atoms with Crippen LogP contribution in [0.15, 0.2) is 115 Å². The number of thioether (sulfide) groups is 1. The van der Waals surface area contributed by atoms with E-state index in [0.717, 1.165) is 33.7 Å². The summed E-state index contributed by atoms with van der Waals surface area (Å²) < 4.78 is 7.51. The van der Waals surface area contributed by atoms with E-state index in [0.29, 0.717) is 28.3 Å². The molecule has 0 radical (unpaired) electrons. The van der Waals surface area contributed by atoms with Gasteiger partial charge in [-0.2, -0.15) is 0 Å². The van der Waals surface area contributed by atoms with Crippen LogP contribution < -0.4 is 15.6 Å². The van der Waals surface area contributed by atoms with Crippen LogP contribution in [0.2, 0.25) is 5.02 Å². The van der Waals surface area contributed by atoms with Gasteiger partial charge in [-0.25, -0.2) is 0 Å². The predicted molar refractivity (Wildman–Crippen MR) is 166 cm³/mol. The summed E-state index contributed by atoms with van der Waals surface area (Å²) in [6.07, 6.45) is 0. The van der Waals surface area contributed by atoms with Gasteiger partial charge in [0.2, 0.25) is 5.91 Å². The molecule has 1 heterocycles. The third kappa shape index (κ3) is 6.98. The summed E-state index contributed by atoms with van der Waals surface area (Å²) in [6.45, 7) is 6.58. The molecule has 0 aliphatic carbocycles. The molecule has 0 aliphatic heterocycles.